The Bertz CT molecular complexity index is 1210. The van der Waals surface area contributed by atoms with Crippen molar-refractivity contribution in [3.8, 4) is 11.3 Å². The molecule has 0 radical (unpaired) electrons. The Morgan fingerprint density at radius 1 is 1.17 bits per heavy atom. The van der Waals surface area contributed by atoms with Crippen molar-refractivity contribution in [2.75, 3.05) is 12.4 Å². The predicted molar refractivity (Wildman–Crippen MR) is 124 cm³/mol. The van der Waals surface area contributed by atoms with Gasteiger partial charge in [-0.2, -0.15) is 0 Å². The third kappa shape index (κ3) is 6.82. The van der Waals surface area contributed by atoms with Crippen LogP contribution in [0.3, 0.4) is 0 Å². The number of aromatic nitrogens is 3. The van der Waals surface area contributed by atoms with Gasteiger partial charge in [0.1, 0.15) is 17.2 Å². The number of oxazole rings is 1. The quantitative estimate of drug-likeness (QED) is 0.385. The second kappa shape index (κ2) is 10.3. The summed E-state index contributed by atoms with van der Waals surface area (Å²) in [4.78, 5) is 46.7. The number of carbonyl (C=O) groups is 3. The van der Waals surface area contributed by atoms with Gasteiger partial charge < -0.3 is 29.3 Å². The van der Waals surface area contributed by atoms with Gasteiger partial charge in [-0.25, -0.2) is 24.4 Å². The molecule has 0 spiro atoms. The van der Waals surface area contributed by atoms with E-state index in [9.17, 15) is 19.5 Å². The lowest BCUT2D eigenvalue weighted by Gasteiger charge is -2.22. The molecule has 0 saturated carbocycles. The van der Waals surface area contributed by atoms with Gasteiger partial charge in [0.15, 0.2) is 11.6 Å². The van der Waals surface area contributed by atoms with Gasteiger partial charge in [-0.3, -0.25) is 5.32 Å². The number of ether oxygens (including phenoxy) is 2. The Kier molecular flexibility index (Phi) is 7.43. The Morgan fingerprint density at radius 2 is 1.86 bits per heavy atom. The van der Waals surface area contributed by atoms with Crippen LogP contribution in [0.1, 0.15) is 54.8 Å². The van der Waals surface area contributed by atoms with E-state index >= 15 is 0 Å². The molecule has 4 N–H and O–H groups in total. The minimum absolute atomic E-state index is 0.0301. The molecule has 2 aromatic heterocycles. The average Bonchev–Trinajstić information content (AvgIpc) is 3.39. The van der Waals surface area contributed by atoms with Crippen molar-refractivity contribution in [2.24, 2.45) is 0 Å². The number of H-pyrrole nitrogens is 1. The van der Waals surface area contributed by atoms with Crippen molar-refractivity contribution in [1.29, 1.82) is 0 Å². The van der Waals surface area contributed by atoms with Gasteiger partial charge in [-0.05, 0) is 45.4 Å². The highest BCUT2D eigenvalue weighted by Gasteiger charge is 2.26. The molecule has 3 rings (SSSR count). The highest BCUT2D eigenvalue weighted by atomic mass is 16.6. The third-order valence-electron chi connectivity index (χ3n) is 4.67. The van der Waals surface area contributed by atoms with Crippen molar-refractivity contribution in [2.45, 2.75) is 45.8 Å². The first-order chi connectivity index (χ1) is 16.4. The van der Waals surface area contributed by atoms with E-state index in [1.54, 1.807) is 51.2 Å². The van der Waals surface area contributed by atoms with Crippen LogP contribution in [0.4, 0.5) is 15.3 Å². The number of carboxylic acid groups (broad SMARTS) is 1. The number of methoxy groups -OCH3 is 1. The molecule has 0 fully saturated rings. The van der Waals surface area contributed by atoms with Crippen molar-refractivity contribution in [3.63, 3.8) is 0 Å². The van der Waals surface area contributed by atoms with E-state index < -0.39 is 29.8 Å². The third-order valence-corrected chi connectivity index (χ3v) is 4.67. The van der Waals surface area contributed by atoms with Crippen molar-refractivity contribution in [3.05, 3.63) is 53.6 Å². The van der Waals surface area contributed by atoms with E-state index in [-0.39, 0.29) is 23.8 Å². The van der Waals surface area contributed by atoms with Crippen LogP contribution in [0, 0.1) is 6.92 Å². The predicted octanol–water partition coefficient (Wildman–Crippen LogP) is 4.06. The number of carbonyl (C=O) groups excluding carboxylic acids is 2. The van der Waals surface area contributed by atoms with Crippen LogP contribution < -0.4 is 10.6 Å². The summed E-state index contributed by atoms with van der Waals surface area (Å²) in [6.07, 6.45) is 0.360. The molecule has 35 heavy (non-hydrogen) atoms. The number of alkyl carbamates (subject to hydrolysis) is 1. The normalized spacial score (nSPS) is 12.0. The first-order valence-electron chi connectivity index (χ1n) is 10.6. The lowest BCUT2D eigenvalue weighted by Crippen LogP contribution is -2.36. The Hall–Kier alpha value is -4.35. The first kappa shape index (κ1) is 25.3. The number of aromatic carboxylic acids is 1. The minimum Gasteiger partial charge on any atom is -0.476 e. The fraction of sp³-hybridized carbons (Fsp3) is 0.348. The molecule has 0 saturated heterocycles. The molecule has 186 valence electrons. The number of nitrogens with one attached hydrogen (secondary N) is 3. The molecule has 0 aliphatic carbocycles. The summed E-state index contributed by atoms with van der Waals surface area (Å²) in [5, 5.41) is 14.6. The van der Waals surface area contributed by atoms with Crippen LogP contribution in [-0.2, 0) is 15.9 Å². The molecule has 12 heteroatoms. The van der Waals surface area contributed by atoms with E-state index in [0.29, 0.717) is 17.2 Å². The molecule has 1 unspecified atom stereocenters. The molecular formula is C23H27N5O7. The molecule has 0 aliphatic heterocycles. The van der Waals surface area contributed by atoms with Gasteiger partial charge in [0.2, 0.25) is 0 Å². The lowest BCUT2D eigenvalue weighted by molar-refractivity contribution is 0.0499. The summed E-state index contributed by atoms with van der Waals surface area (Å²) in [5.41, 5.74) is 1.06. The van der Waals surface area contributed by atoms with Gasteiger partial charge in [-0.1, -0.05) is 12.1 Å². The minimum atomic E-state index is -1.21. The topological polar surface area (TPSA) is 169 Å². The van der Waals surface area contributed by atoms with Gasteiger partial charge >= 0.3 is 18.2 Å². The number of hydrogen-bond donors (Lipinski definition) is 4. The number of nitrogens with zero attached hydrogens (tertiary/aromatic N) is 2. The lowest BCUT2D eigenvalue weighted by atomic mass is 10.1. The zero-order valence-corrected chi connectivity index (χ0v) is 20.0. The van der Waals surface area contributed by atoms with Crippen LogP contribution in [-0.4, -0.2) is 50.9 Å². The number of rotatable bonds is 7. The van der Waals surface area contributed by atoms with Crippen molar-refractivity contribution >= 4 is 23.8 Å². The Labute approximate surface area is 201 Å². The average molecular weight is 485 g/mol. The molecule has 1 atom stereocenters. The van der Waals surface area contributed by atoms with Crippen molar-refractivity contribution in [1.82, 2.24) is 20.3 Å². The monoisotopic (exact) mass is 485 g/mol. The zero-order chi connectivity index (χ0) is 25.8. The number of imidazole rings is 1. The van der Waals surface area contributed by atoms with E-state index in [1.165, 1.54) is 14.0 Å². The molecule has 3 aromatic rings. The van der Waals surface area contributed by atoms with Gasteiger partial charge in [0.05, 0.1) is 31.5 Å². The second-order valence-corrected chi connectivity index (χ2v) is 8.60. The van der Waals surface area contributed by atoms with Crippen LogP contribution >= 0.6 is 0 Å². The maximum atomic E-state index is 12.5. The van der Waals surface area contributed by atoms with E-state index in [0.717, 1.165) is 5.56 Å². The molecule has 12 nitrogen and oxygen atoms in total. The Balaban J connectivity index is 1.85. The second-order valence-electron chi connectivity index (χ2n) is 8.60. The summed E-state index contributed by atoms with van der Waals surface area (Å²) >= 11 is 0. The summed E-state index contributed by atoms with van der Waals surface area (Å²) in [6.45, 7) is 6.71. The zero-order valence-electron chi connectivity index (χ0n) is 20.0. The maximum absolute atomic E-state index is 12.5. The summed E-state index contributed by atoms with van der Waals surface area (Å²) < 4.78 is 15.4. The van der Waals surface area contributed by atoms with Crippen LogP contribution in [0.15, 0.2) is 34.9 Å². The number of amides is 2. The molecule has 1 aromatic carbocycles. The van der Waals surface area contributed by atoms with Crippen LogP contribution in [0.25, 0.3) is 11.3 Å². The molecule has 2 amide bonds. The number of carboxylic acids is 1. The molecule has 2 heterocycles. The molecule has 0 aliphatic rings. The van der Waals surface area contributed by atoms with Gasteiger partial charge in [0.25, 0.3) is 0 Å². The fourth-order valence-electron chi connectivity index (χ4n) is 3.14. The molecular weight excluding hydrogens is 458 g/mol. The highest BCUT2D eigenvalue weighted by Crippen LogP contribution is 2.24. The number of aryl methyl sites for hydroxylation is 1. The van der Waals surface area contributed by atoms with E-state index in [2.05, 4.69) is 30.3 Å². The summed E-state index contributed by atoms with van der Waals surface area (Å²) in [5.74, 6) is -0.545. The van der Waals surface area contributed by atoms with Crippen LogP contribution in [0.2, 0.25) is 0 Å². The summed E-state index contributed by atoms with van der Waals surface area (Å²) in [7, 11) is 1.28. The Morgan fingerprint density at radius 3 is 2.43 bits per heavy atom. The smallest absolute Gasteiger partial charge is 0.411 e. The van der Waals surface area contributed by atoms with Crippen molar-refractivity contribution < 1.29 is 33.4 Å². The maximum Gasteiger partial charge on any atom is 0.411 e. The highest BCUT2D eigenvalue weighted by molar-refractivity contribution is 5.86. The number of hydrogen-bond acceptors (Lipinski definition) is 8. The standard InChI is InChI=1S/C23H27N5O7/c1-12-18(20(29)30)28-17(34-12)10-15(27-22(32)35-23(2,3)4)19-24-11-16(26-19)13-6-8-14(9-7-13)25-21(31)33-5/h6-9,11,15H,10H2,1-5H3,(H,24,26)(H,25,31)(H,27,32)(H,29,30). The van der Waals surface area contributed by atoms with Crippen LogP contribution in [0.5, 0.6) is 0 Å². The fourth-order valence-corrected chi connectivity index (χ4v) is 3.14. The first-order valence-corrected chi connectivity index (χ1v) is 10.6. The van der Waals surface area contributed by atoms with E-state index in [1.807, 2.05) is 0 Å². The van der Waals surface area contributed by atoms with Gasteiger partial charge in [0, 0.05) is 5.69 Å². The largest absolute Gasteiger partial charge is 0.476 e. The number of benzene rings is 1. The number of aromatic amines is 1. The SMILES string of the molecule is COC(=O)Nc1ccc(-c2cnc(C(Cc3nc(C(=O)O)c(C)o3)NC(=O)OC(C)(C)C)[nH]2)cc1. The van der Waals surface area contributed by atoms with E-state index in [4.69, 9.17) is 9.15 Å². The molecule has 0 bridgehead atoms. The number of anilines is 1. The van der Waals surface area contributed by atoms with Gasteiger partial charge in [-0.15, -0.1) is 0 Å². The summed E-state index contributed by atoms with van der Waals surface area (Å²) in [6, 6.07) is 6.20.